The molecule has 0 atom stereocenters. The molecule has 4 heteroatoms. The van der Waals surface area contributed by atoms with Crippen LogP contribution in [0.1, 0.15) is 6.92 Å². The predicted molar refractivity (Wildman–Crippen MR) is 46.7 cm³/mol. The third-order valence-corrected chi connectivity index (χ3v) is 1.03. The zero-order chi connectivity index (χ0) is 8.85. The van der Waals surface area contributed by atoms with Gasteiger partial charge < -0.3 is 22.3 Å². The van der Waals surface area contributed by atoms with Crippen molar-refractivity contribution in [2.75, 3.05) is 0 Å². The van der Waals surface area contributed by atoms with Gasteiger partial charge in [0.15, 0.2) is 0 Å². The van der Waals surface area contributed by atoms with Gasteiger partial charge in [0.25, 0.3) is 0 Å². The summed E-state index contributed by atoms with van der Waals surface area (Å²) in [5.41, 5.74) is 12.1. The van der Waals surface area contributed by atoms with Gasteiger partial charge in [-0.25, -0.2) is 0 Å². The molecular weight excluding hydrogens is 140 g/mol. The lowest BCUT2D eigenvalue weighted by atomic mass is 10.2. The van der Waals surface area contributed by atoms with Crippen molar-refractivity contribution in [3.8, 4) is 0 Å². The Morgan fingerprint density at radius 3 is 1.91 bits per heavy atom. The SMILES string of the molecule is C/C(N)=C/C(N)=C(C=N)C=N. The molecule has 0 amide bonds. The van der Waals surface area contributed by atoms with Gasteiger partial charge in [-0.2, -0.15) is 0 Å². The quantitative estimate of drug-likeness (QED) is 0.347. The molecule has 6 N–H and O–H groups in total. The number of allylic oxidation sites excluding steroid dienone is 3. The van der Waals surface area contributed by atoms with Crippen LogP contribution in [0.25, 0.3) is 0 Å². The summed E-state index contributed by atoms with van der Waals surface area (Å²) in [4.78, 5) is 0. The number of hydrogen-bond acceptors (Lipinski definition) is 4. The lowest BCUT2D eigenvalue weighted by Gasteiger charge is -1.96. The van der Waals surface area contributed by atoms with Crippen LogP contribution in [0.3, 0.4) is 0 Å². The van der Waals surface area contributed by atoms with E-state index in [0.717, 1.165) is 12.4 Å². The minimum atomic E-state index is 0.343. The largest absolute Gasteiger partial charge is 0.402 e. The van der Waals surface area contributed by atoms with Crippen molar-refractivity contribution in [3.05, 3.63) is 23.0 Å². The Kier molecular flexibility index (Phi) is 3.66. The molecule has 60 valence electrons. The average molecular weight is 152 g/mol. The molecule has 0 unspecified atom stereocenters. The normalized spacial score (nSPS) is 10.5. The molecule has 0 bridgehead atoms. The van der Waals surface area contributed by atoms with Crippen molar-refractivity contribution in [3.63, 3.8) is 0 Å². The number of hydrogen-bond donors (Lipinski definition) is 4. The highest BCUT2D eigenvalue weighted by Gasteiger charge is 1.92. The first kappa shape index (κ1) is 9.42. The van der Waals surface area contributed by atoms with Gasteiger partial charge in [-0.15, -0.1) is 0 Å². The zero-order valence-corrected chi connectivity index (χ0v) is 6.39. The third kappa shape index (κ3) is 3.20. The van der Waals surface area contributed by atoms with Crippen molar-refractivity contribution < 1.29 is 0 Å². The van der Waals surface area contributed by atoms with Gasteiger partial charge in [-0.05, 0) is 13.0 Å². The van der Waals surface area contributed by atoms with Crippen molar-refractivity contribution in [2.24, 2.45) is 11.5 Å². The lowest BCUT2D eigenvalue weighted by Crippen LogP contribution is -2.04. The number of rotatable bonds is 3. The van der Waals surface area contributed by atoms with Crippen LogP contribution in [0.15, 0.2) is 23.0 Å². The van der Waals surface area contributed by atoms with Crippen LogP contribution in [0.5, 0.6) is 0 Å². The van der Waals surface area contributed by atoms with Crippen LogP contribution in [0.2, 0.25) is 0 Å². The first-order valence-electron chi connectivity index (χ1n) is 3.06. The third-order valence-electron chi connectivity index (χ3n) is 1.03. The van der Waals surface area contributed by atoms with Crippen LogP contribution < -0.4 is 11.5 Å². The Hall–Kier alpha value is -1.58. The van der Waals surface area contributed by atoms with Gasteiger partial charge in [0.1, 0.15) is 0 Å². The summed E-state index contributed by atoms with van der Waals surface area (Å²) in [7, 11) is 0. The molecule has 11 heavy (non-hydrogen) atoms. The molecule has 0 saturated carbocycles. The molecule has 0 spiro atoms. The molecule has 0 aliphatic rings. The molecule has 0 aliphatic heterocycles. The highest BCUT2D eigenvalue weighted by Crippen LogP contribution is 1.95. The number of nitrogens with one attached hydrogen (secondary N) is 2. The first-order chi connectivity index (χ1) is 5.11. The maximum Gasteiger partial charge on any atom is 0.0435 e. The Balaban J connectivity index is 4.76. The van der Waals surface area contributed by atoms with Gasteiger partial charge in [-0.1, -0.05) is 0 Å². The van der Waals surface area contributed by atoms with Crippen LogP contribution in [0, 0.1) is 10.8 Å². The molecule has 0 rings (SSSR count). The van der Waals surface area contributed by atoms with Gasteiger partial charge in [0.05, 0.1) is 0 Å². The lowest BCUT2D eigenvalue weighted by molar-refractivity contribution is 1.27. The fourth-order valence-electron chi connectivity index (χ4n) is 0.537. The van der Waals surface area contributed by atoms with E-state index in [4.69, 9.17) is 22.3 Å². The minimum Gasteiger partial charge on any atom is -0.402 e. The fraction of sp³-hybridized carbons (Fsp3) is 0.143. The maximum atomic E-state index is 6.85. The second-order valence-electron chi connectivity index (χ2n) is 2.09. The van der Waals surface area contributed by atoms with E-state index in [1.807, 2.05) is 0 Å². The monoisotopic (exact) mass is 152 g/mol. The summed E-state index contributed by atoms with van der Waals surface area (Å²) in [6.07, 6.45) is 3.55. The molecule has 0 aromatic rings. The van der Waals surface area contributed by atoms with E-state index in [9.17, 15) is 0 Å². The van der Waals surface area contributed by atoms with Gasteiger partial charge in [0.2, 0.25) is 0 Å². The predicted octanol–water partition coefficient (Wildman–Crippen LogP) is 0.361. The summed E-state index contributed by atoms with van der Waals surface area (Å²) in [5.74, 6) is 0. The summed E-state index contributed by atoms with van der Waals surface area (Å²) >= 11 is 0. The standard InChI is InChI=1S/C7H12N4/c1-5(10)2-7(11)6(3-8)4-9/h2-4,8-9H,10-11H2,1H3/b5-2-,7-6?,8-3?,9-4?. The first-order valence-corrected chi connectivity index (χ1v) is 3.06. The van der Waals surface area contributed by atoms with Crippen molar-refractivity contribution in [1.29, 1.82) is 10.8 Å². The summed E-state index contributed by atoms with van der Waals surface area (Å²) < 4.78 is 0. The van der Waals surface area contributed by atoms with Gasteiger partial charge in [-0.3, -0.25) is 0 Å². The minimum absolute atomic E-state index is 0.343. The Morgan fingerprint density at radius 1 is 1.18 bits per heavy atom. The molecule has 0 heterocycles. The molecule has 4 nitrogen and oxygen atoms in total. The van der Waals surface area contributed by atoms with E-state index in [1.54, 1.807) is 6.92 Å². The van der Waals surface area contributed by atoms with Crippen molar-refractivity contribution >= 4 is 12.4 Å². The zero-order valence-electron chi connectivity index (χ0n) is 6.39. The molecular formula is C7H12N4. The molecule has 0 radical (unpaired) electrons. The summed E-state index contributed by atoms with van der Waals surface area (Å²) in [6.45, 7) is 1.69. The summed E-state index contributed by atoms with van der Waals surface area (Å²) in [5, 5.41) is 13.7. The van der Waals surface area contributed by atoms with E-state index < -0.39 is 0 Å². The molecule has 0 fully saturated rings. The van der Waals surface area contributed by atoms with E-state index >= 15 is 0 Å². The molecule has 0 aliphatic carbocycles. The second kappa shape index (κ2) is 4.27. The average Bonchev–Trinajstić information content (AvgIpc) is 1.88. The van der Waals surface area contributed by atoms with Gasteiger partial charge in [0, 0.05) is 29.4 Å². The van der Waals surface area contributed by atoms with Crippen LogP contribution in [-0.4, -0.2) is 12.4 Å². The molecule has 0 aromatic carbocycles. The smallest absolute Gasteiger partial charge is 0.0435 e. The maximum absolute atomic E-state index is 6.85. The fourth-order valence-corrected chi connectivity index (χ4v) is 0.537. The van der Waals surface area contributed by atoms with E-state index in [1.165, 1.54) is 6.08 Å². The number of nitrogens with two attached hydrogens (primary N) is 2. The highest BCUT2D eigenvalue weighted by molar-refractivity contribution is 6.02. The van der Waals surface area contributed by atoms with Crippen molar-refractivity contribution in [2.45, 2.75) is 6.92 Å². The molecule has 0 aromatic heterocycles. The van der Waals surface area contributed by atoms with Crippen LogP contribution in [0.4, 0.5) is 0 Å². The van der Waals surface area contributed by atoms with Gasteiger partial charge >= 0.3 is 0 Å². The van der Waals surface area contributed by atoms with E-state index in [-0.39, 0.29) is 0 Å². The summed E-state index contributed by atoms with van der Waals surface area (Å²) in [6, 6.07) is 0. The molecule has 0 saturated heterocycles. The highest BCUT2D eigenvalue weighted by atomic mass is 14.6. The van der Waals surface area contributed by atoms with Crippen LogP contribution >= 0.6 is 0 Å². The van der Waals surface area contributed by atoms with Crippen LogP contribution in [-0.2, 0) is 0 Å². The van der Waals surface area contributed by atoms with E-state index in [2.05, 4.69) is 0 Å². The Labute approximate surface area is 65.6 Å². The topological polar surface area (TPSA) is 99.7 Å². The Bertz CT molecular complexity index is 211. The van der Waals surface area contributed by atoms with Crippen molar-refractivity contribution in [1.82, 2.24) is 0 Å². The van der Waals surface area contributed by atoms with E-state index in [0.29, 0.717) is 17.0 Å². The Morgan fingerprint density at radius 2 is 1.64 bits per heavy atom. The second-order valence-corrected chi connectivity index (χ2v) is 2.09.